The number of nitrogens with one attached hydrogen (secondary N) is 1. The van der Waals surface area contributed by atoms with Crippen molar-refractivity contribution >= 4 is 6.09 Å². The second kappa shape index (κ2) is 5.82. The molecule has 0 aromatic rings. The molecule has 2 N–H and O–H groups in total. The van der Waals surface area contributed by atoms with Crippen LogP contribution in [0.3, 0.4) is 0 Å². The number of rotatable bonds is 4. The third kappa shape index (κ3) is 6.68. The normalized spacial score (nSPS) is 13.5. The van der Waals surface area contributed by atoms with Gasteiger partial charge >= 0.3 is 6.09 Å². The Kier molecular flexibility index (Phi) is 5.49. The Hall–Kier alpha value is -0.810. The third-order valence-corrected chi connectivity index (χ3v) is 1.31. The van der Waals surface area contributed by atoms with Crippen molar-refractivity contribution in [3.8, 4) is 0 Å². The highest BCUT2D eigenvalue weighted by Gasteiger charge is 2.18. The van der Waals surface area contributed by atoms with Crippen LogP contribution < -0.4 is 5.32 Å². The van der Waals surface area contributed by atoms with Gasteiger partial charge in [-0.3, -0.25) is 0 Å². The molecule has 0 unspecified atom stereocenters. The fourth-order valence-corrected chi connectivity index (χ4v) is 0.815. The van der Waals surface area contributed by atoms with Gasteiger partial charge in [-0.2, -0.15) is 0 Å². The number of hydrogen-bond donors (Lipinski definition) is 2. The van der Waals surface area contributed by atoms with Gasteiger partial charge in [0.05, 0.1) is 19.3 Å². The molecule has 0 aliphatic rings. The first-order chi connectivity index (χ1) is 6.39. The molecule has 14 heavy (non-hydrogen) atoms. The summed E-state index contributed by atoms with van der Waals surface area (Å²) in [5, 5.41) is 11.3. The van der Waals surface area contributed by atoms with Gasteiger partial charge < -0.3 is 19.9 Å². The summed E-state index contributed by atoms with van der Waals surface area (Å²) >= 11 is 0. The van der Waals surface area contributed by atoms with E-state index < -0.39 is 17.7 Å². The minimum atomic E-state index is -0.548. The van der Waals surface area contributed by atoms with Gasteiger partial charge in [-0.15, -0.1) is 0 Å². The number of ether oxygens (including phenoxy) is 2. The topological polar surface area (TPSA) is 67.8 Å². The molecule has 0 spiro atoms. The summed E-state index contributed by atoms with van der Waals surface area (Å²) in [5.74, 6) is 0. The SMILES string of the molecule is COC[C@@H](CO)NC(=O)OC(C)(C)C. The molecule has 5 heteroatoms. The quantitative estimate of drug-likeness (QED) is 0.702. The molecule has 5 nitrogen and oxygen atoms in total. The van der Waals surface area contributed by atoms with E-state index in [0.717, 1.165) is 0 Å². The first kappa shape index (κ1) is 13.2. The van der Waals surface area contributed by atoms with E-state index in [0.29, 0.717) is 0 Å². The minimum Gasteiger partial charge on any atom is -0.444 e. The monoisotopic (exact) mass is 205 g/mol. The molecule has 0 radical (unpaired) electrons. The molecule has 0 bridgehead atoms. The molecule has 0 saturated heterocycles. The van der Waals surface area contributed by atoms with Crippen molar-refractivity contribution in [3.05, 3.63) is 0 Å². The van der Waals surface area contributed by atoms with Crippen LogP contribution in [0.15, 0.2) is 0 Å². The highest BCUT2D eigenvalue weighted by Crippen LogP contribution is 2.06. The maximum Gasteiger partial charge on any atom is 0.408 e. The molecular weight excluding hydrogens is 186 g/mol. The van der Waals surface area contributed by atoms with Crippen LogP contribution in [0.25, 0.3) is 0 Å². The van der Waals surface area contributed by atoms with Gasteiger partial charge in [0.2, 0.25) is 0 Å². The van der Waals surface area contributed by atoms with Crippen molar-refractivity contribution in [2.24, 2.45) is 0 Å². The van der Waals surface area contributed by atoms with Crippen molar-refractivity contribution in [3.63, 3.8) is 0 Å². The molecule has 84 valence electrons. The Morgan fingerprint density at radius 1 is 1.50 bits per heavy atom. The van der Waals surface area contributed by atoms with Crippen LogP contribution in [0.4, 0.5) is 4.79 Å². The number of alkyl carbamates (subject to hydrolysis) is 1. The molecule has 0 saturated carbocycles. The number of aliphatic hydroxyl groups is 1. The lowest BCUT2D eigenvalue weighted by Crippen LogP contribution is -2.43. The number of carbonyl (C=O) groups excluding carboxylic acids is 1. The maximum absolute atomic E-state index is 11.2. The Labute approximate surface area is 84.4 Å². The first-order valence-electron chi connectivity index (χ1n) is 4.48. The average Bonchev–Trinajstić information content (AvgIpc) is 2.00. The van der Waals surface area contributed by atoms with Crippen molar-refractivity contribution in [1.29, 1.82) is 0 Å². The van der Waals surface area contributed by atoms with Gasteiger partial charge in [0.1, 0.15) is 5.60 Å². The van der Waals surface area contributed by atoms with Crippen molar-refractivity contribution in [2.45, 2.75) is 32.4 Å². The predicted molar refractivity (Wildman–Crippen MR) is 52.1 cm³/mol. The average molecular weight is 205 g/mol. The summed E-state index contributed by atoms with van der Waals surface area (Å²) in [6.07, 6.45) is -0.548. The predicted octanol–water partition coefficient (Wildman–Crippen LogP) is 0.518. The highest BCUT2D eigenvalue weighted by atomic mass is 16.6. The third-order valence-electron chi connectivity index (χ3n) is 1.31. The molecule has 0 aliphatic heterocycles. The molecule has 0 aromatic carbocycles. The van der Waals surface area contributed by atoms with Crippen LogP contribution in [-0.2, 0) is 9.47 Å². The van der Waals surface area contributed by atoms with E-state index in [9.17, 15) is 4.79 Å². The zero-order chi connectivity index (χ0) is 11.2. The van der Waals surface area contributed by atoms with E-state index in [-0.39, 0.29) is 13.2 Å². The number of amides is 1. The summed E-state index contributed by atoms with van der Waals surface area (Å²) in [5.41, 5.74) is -0.531. The van der Waals surface area contributed by atoms with E-state index in [2.05, 4.69) is 5.32 Å². The molecule has 1 amide bonds. The van der Waals surface area contributed by atoms with Crippen molar-refractivity contribution in [1.82, 2.24) is 5.32 Å². The van der Waals surface area contributed by atoms with Crippen molar-refractivity contribution < 1.29 is 19.4 Å². The van der Waals surface area contributed by atoms with Gasteiger partial charge in [-0.05, 0) is 20.8 Å². The van der Waals surface area contributed by atoms with Crippen molar-refractivity contribution in [2.75, 3.05) is 20.3 Å². The number of aliphatic hydroxyl groups excluding tert-OH is 1. The lowest BCUT2D eigenvalue weighted by Gasteiger charge is -2.22. The van der Waals surface area contributed by atoms with Gasteiger partial charge in [0.15, 0.2) is 0 Å². The molecule has 0 fully saturated rings. The summed E-state index contributed by atoms with van der Waals surface area (Å²) in [4.78, 5) is 11.2. The lowest BCUT2D eigenvalue weighted by atomic mass is 10.2. The van der Waals surface area contributed by atoms with Gasteiger partial charge in [-0.25, -0.2) is 4.79 Å². The fourth-order valence-electron chi connectivity index (χ4n) is 0.815. The van der Waals surface area contributed by atoms with E-state index in [1.54, 1.807) is 20.8 Å². The second-order valence-corrected chi connectivity index (χ2v) is 3.98. The molecule has 0 heterocycles. The second-order valence-electron chi connectivity index (χ2n) is 3.98. The minimum absolute atomic E-state index is 0.174. The van der Waals surface area contributed by atoms with Crippen LogP contribution in [0, 0.1) is 0 Å². The summed E-state index contributed by atoms with van der Waals surface area (Å²) in [6.45, 7) is 5.41. The number of methoxy groups -OCH3 is 1. The highest BCUT2D eigenvalue weighted by molar-refractivity contribution is 5.68. The lowest BCUT2D eigenvalue weighted by molar-refractivity contribution is 0.0429. The van der Waals surface area contributed by atoms with Crippen LogP contribution in [-0.4, -0.2) is 43.2 Å². The Morgan fingerprint density at radius 3 is 2.43 bits per heavy atom. The maximum atomic E-state index is 11.2. The van der Waals surface area contributed by atoms with Crippen LogP contribution in [0.2, 0.25) is 0 Å². The standard InChI is InChI=1S/C9H19NO4/c1-9(2,3)14-8(12)10-7(5-11)6-13-4/h7,11H,5-6H2,1-4H3,(H,10,12)/t7-/m1/s1. The van der Waals surface area contributed by atoms with E-state index in [1.807, 2.05) is 0 Å². The Bertz CT molecular complexity index is 176. The Morgan fingerprint density at radius 2 is 2.07 bits per heavy atom. The van der Waals surface area contributed by atoms with Crippen LogP contribution in [0.5, 0.6) is 0 Å². The molecule has 0 aromatic heterocycles. The fraction of sp³-hybridized carbons (Fsp3) is 0.889. The molecule has 0 rings (SSSR count). The van der Waals surface area contributed by atoms with Gasteiger partial charge in [0, 0.05) is 7.11 Å². The first-order valence-corrected chi connectivity index (χ1v) is 4.48. The Balaban J connectivity index is 3.91. The zero-order valence-electron chi connectivity index (χ0n) is 9.16. The van der Waals surface area contributed by atoms with E-state index >= 15 is 0 Å². The smallest absolute Gasteiger partial charge is 0.408 e. The summed E-state index contributed by atoms with van der Waals surface area (Å²) in [7, 11) is 1.50. The van der Waals surface area contributed by atoms with Crippen LogP contribution in [0.1, 0.15) is 20.8 Å². The van der Waals surface area contributed by atoms with E-state index in [1.165, 1.54) is 7.11 Å². The van der Waals surface area contributed by atoms with Crippen LogP contribution >= 0.6 is 0 Å². The van der Waals surface area contributed by atoms with Gasteiger partial charge in [0.25, 0.3) is 0 Å². The summed E-state index contributed by atoms with van der Waals surface area (Å²) in [6, 6.07) is -0.421. The van der Waals surface area contributed by atoms with Gasteiger partial charge in [-0.1, -0.05) is 0 Å². The molecule has 0 aliphatic carbocycles. The number of hydrogen-bond acceptors (Lipinski definition) is 4. The molecular formula is C9H19NO4. The number of carbonyl (C=O) groups is 1. The van der Waals surface area contributed by atoms with E-state index in [4.69, 9.17) is 14.6 Å². The summed E-state index contributed by atoms with van der Waals surface area (Å²) < 4.78 is 9.80. The zero-order valence-corrected chi connectivity index (χ0v) is 9.16. The largest absolute Gasteiger partial charge is 0.444 e. The molecule has 1 atom stereocenters.